The Labute approximate surface area is 200 Å². The van der Waals surface area contributed by atoms with Gasteiger partial charge in [-0.2, -0.15) is 8.42 Å². The highest BCUT2D eigenvalue weighted by Gasteiger charge is 2.59. The predicted octanol–water partition coefficient (Wildman–Crippen LogP) is 1.02. The number of hydrogen-bond acceptors (Lipinski definition) is 11. The van der Waals surface area contributed by atoms with Crippen LogP contribution in [0.3, 0.4) is 0 Å². The molecule has 2 saturated heterocycles. The number of rotatable bonds is 8. The molecule has 2 aliphatic rings. The van der Waals surface area contributed by atoms with Crippen molar-refractivity contribution in [1.82, 2.24) is 15.1 Å². The summed E-state index contributed by atoms with van der Waals surface area (Å²) < 4.78 is 35.9. The minimum Gasteiger partial charge on any atom is -0.481 e. The second-order valence-electron chi connectivity index (χ2n) is 7.51. The van der Waals surface area contributed by atoms with Gasteiger partial charge in [0, 0.05) is 25.0 Å². The Bertz CT molecular complexity index is 1180. The van der Waals surface area contributed by atoms with Crippen LogP contribution in [0.2, 0.25) is 0 Å². The monoisotopic (exact) mass is 534 g/mol. The maximum atomic E-state index is 13.0. The molecule has 2 N–H and O–H groups in total. The van der Waals surface area contributed by atoms with Crippen LogP contribution in [0.4, 0.5) is 5.00 Å². The smallest absolute Gasteiger partial charge is 0.313 e. The van der Waals surface area contributed by atoms with Crippen molar-refractivity contribution in [2.75, 3.05) is 23.0 Å². The lowest BCUT2D eigenvalue weighted by Gasteiger charge is -2.55. The number of aromatic nitrogens is 2. The summed E-state index contributed by atoms with van der Waals surface area (Å²) in [7, 11) is -4.35. The first-order chi connectivity index (χ1) is 15.5. The quantitative estimate of drug-likeness (QED) is 0.280. The maximum Gasteiger partial charge on any atom is 0.313 e. The fourth-order valence-electron chi connectivity index (χ4n) is 3.59. The minimum absolute atomic E-state index is 0.00858. The van der Waals surface area contributed by atoms with E-state index in [9.17, 15) is 27.9 Å². The van der Waals surface area contributed by atoms with E-state index >= 15 is 0 Å². The van der Waals surface area contributed by atoms with Crippen LogP contribution in [-0.2, 0) is 30.3 Å². The zero-order chi connectivity index (χ0) is 24.0. The number of hydrogen-bond donors (Lipinski definition) is 2. The van der Waals surface area contributed by atoms with Gasteiger partial charge in [-0.1, -0.05) is 11.8 Å². The van der Waals surface area contributed by atoms with Gasteiger partial charge < -0.3 is 14.4 Å². The van der Waals surface area contributed by atoms with Crippen molar-refractivity contribution in [2.24, 2.45) is 5.41 Å². The summed E-state index contributed by atoms with van der Waals surface area (Å²) in [6, 6.07) is 2.86. The van der Waals surface area contributed by atoms with Crippen LogP contribution >= 0.6 is 34.9 Å². The normalized spacial score (nSPS) is 24.8. The zero-order valence-corrected chi connectivity index (χ0v) is 20.2. The Balaban J connectivity index is 1.46. The summed E-state index contributed by atoms with van der Waals surface area (Å²) in [6.07, 6.45) is 0. The number of carbonyl (C=O) groups is 3. The minimum atomic E-state index is -4.35. The number of nitrogens with zero attached hydrogens (tertiary/aromatic N) is 4. The molecule has 2 unspecified atom stereocenters. The standard InChI is InChI=1S/C17H18N4O8S4/c1-9(22)21(11-3-2-4-30-11)12-13(23)20-6-17(15(24)25,7-31-14(12)20)8-32-16-19-18-10(29-16)5-33(26,27)28/h2-4,12,14H,5-8H2,1H3,(H,24,25)(H,26,27,28)/t12?,14-,17?/m1/s1. The molecule has 2 aromatic heterocycles. The molecule has 0 radical (unpaired) electrons. The second-order valence-corrected chi connectivity index (χ2v) is 11.9. The number of thioether (sulfide) groups is 2. The first kappa shape index (κ1) is 24.0. The Kier molecular flexibility index (Phi) is 6.47. The van der Waals surface area contributed by atoms with Crippen LogP contribution in [0, 0.1) is 5.41 Å². The topological polar surface area (TPSA) is 171 Å². The molecule has 2 amide bonds. The van der Waals surface area contributed by atoms with Crippen LogP contribution in [0.5, 0.6) is 0 Å². The Hall–Kier alpha value is -2.14. The molecule has 0 saturated carbocycles. The number of carbonyl (C=O) groups excluding carboxylic acids is 2. The van der Waals surface area contributed by atoms with Gasteiger partial charge in [0.1, 0.15) is 16.8 Å². The lowest BCUT2D eigenvalue weighted by molar-refractivity contribution is -0.156. The van der Waals surface area contributed by atoms with Gasteiger partial charge in [-0.15, -0.1) is 33.3 Å². The van der Waals surface area contributed by atoms with Crippen molar-refractivity contribution in [3.63, 3.8) is 0 Å². The van der Waals surface area contributed by atoms with Gasteiger partial charge in [0.25, 0.3) is 15.3 Å². The van der Waals surface area contributed by atoms with E-state index in [1.165, 1.54) is 39.8 Å². The van der Waals surface area contributed by atoms with Crippen molar-refractivity contribution in [3.8, 4) is 0 Å². The molecule has 178 valence electrons. The average Bonchev–Trinajstić information content (AvgIpc) is 3.40. The number of thiophene rings is 1. The number of carboxylic acids is 1. The van der Waals surface area contributed by atoms with E-state index in [1.807, 2.05) is 5.38 Å². The molecular weight excluding hydrogens is 516 g/mol. The number of aliphatic carboxylic acids is 1. The van der Waals surface area contributed by atoms with E-state index in [0.717, 1.165) is 11.8 Å². The van der Waals surface area contributed by atoms with E-state index in [1.54, 1.807) is 12.1 Å². The molecule has 16 heteroatoms. The van der Waals surface area contributed by atoms with Gasteiger partial charge in [0.2, 0.25) is 17.7 Å². The molecule has 4 heterocycles. The average molecular weight is 535 g/mol. The van der Waals surface area contributed by atoms with Crippen molar-refractivity contribution in [2.45, 2.75) is 29.3 Å². The van der Waals surface area contributed by atoms with Crippen molar-refractivity contribution < 1.29 is 36.9 Å². The van der Waals surface area contributed by atoms with Crippen LogP contribution in [0.25, 0.3) is 0 Å². The van der Waals surface area contributed by atoms with Crippen molar-refractivity contribution in [1.29, 1.82) is 0 Å². The summed E-state index contributed by atoms with van der Waals surface area (Å²) in [4.78, 5) is 40.3. The molecule has 0 spiro atoms. The van der Waals surface area contributed by atoms with Crippen molar-refractivity contribution >= 4 is 67.8 Å². The van der Waals surface area contributed by atoms with Crippen LogP contribution in [0.15, 0.2) is 27.2 Å². The number of amides is 2. The maximum absolute atomic E-state index is 13.0. The van der Waals surface area contributed by atoms with Crippen LogP contribution < -0.4 is 4.90 Å². The van der Waals surface area contributed by atoms with Gasteiger partial charge in [-0.25, -0.2) is 0 Å². The van der Waals surface area contributed by atoms with E-state index in [2.05, 4.69) is 10.2 Å². The number of fused-ring (bicyclic) bond motifs is 1. The van der Waals surface area contributed by atoms with E-state index in [4.69, 9.17) is 8.97 Å². The predicted molar refractivity (Wildman–Crippen MR) is 120 cm³/mol. The van der Waals surface area contributed by atoms with E-state index in [0.29, 0.717) is 5.00 Å². The fraction of sp³-hybridized carbons (Fsp3) is 0.471. The van der Waals surface area contributed by atoms with Gasteiger partial charge in [-0.05, 0) is 17.5 Å². The van der Waals surface area contributed by atoms with Gasteiger partial charge in [0.05, 0.1) is 5.00 Å². The van der Waals surface area contributed by atoms with Gasteiger partial charge >= 0.3 is 5.97 Å². The summed E-state index contributed by atoms with van der Waals surface area (Å²) in [5, 5.41) is 19.2. The third-order valence-corrected chi connectivity index (χ3v) is 9.32. The third kappa shape index (κ3) is 4.75. The molecule has 2 aliphatic heterocycles. The zero-order valence-electron chi connectivity index (χ0n) is 17.0. The Morgan fingerprint density at radius 1 is 1.42 bits per heavy atom. The Morgan fingerprint density at radius 3 is 2.79 bits per heavy atom. The van der Waals surface area contributed by atoms with E-state index in [-0.39, 0.29) is 46.4 Å². The van der Waals surface area contributed by atoms with Gasteiger partial charge in [-0.3, -0.25) is 23.8 Å². The summed E-state index contributed by atoms with van der Waals surface area (Å²) in [5.41, 5.74) is -1.31. The summed E-state index contributed by atoms with van der Waals surface area (Å²) in [6.45, 7) is 1.34. The molecular formula is C17H18N4O8S4. The summed E-state index contributed by atoms with van der Waals surface area (Å²) in [5.74, 6) is -2.67. The highest BCUT2D eigenvalue weighted by molar-refractivity contribution is 8.00. The third-order valence-electron chi connectivity index (χ3n) is 5.16. The second kappa shape index (κ2) is 8.90. The molecule has 2 aromatic rings. The van der Waals surface area contributed by atoms with Crippen molar-refractivity contribution in [3.05, 3.63) is 23.4 Å². The first-order valence-electron chi connectivity index (χ1n) is 9.40. The highest BCUT2D eigenvalue weighted by atomic mass is 32.2. The Morgan fingerprint density at radius 2 is 2.18 bits per heavy atom. The van der Waals surface area contributed by atoms with Crippen LogP contribution in [0.1, 0.15) is 12.8 Å². The number of carboxylic acid groups (broad SMARTS) is 1. The number of anilines is 1. The fourth-order valence-corrected chi connectivity index (χ4v) is 7.52. The molecule has 0 aliphatic carbocycles. The lowest BCUT2D eigenvalue weighted by Crippen LogP contribution is -2.74. The molecule has 0 aromatic carbocycles. The first-order valence-corrected chi connectivity index (χ1v) is 13.9. The highest BCUT2D eigenvalue weighted by Crippen LogP contribution is 2.46. The molecule has 4 rings (SSSR count). The van der Waals surface area contributed by atoms with Gasteiger partial charge in [0.15, 0.2) is 5.75 Å². The largest absolute Gasteiger partial charge is 0.481 e. The molecule has 2 fully saturated rings. The van der Waals surface area contributed by atoms with Crippen LogP contribution in [-0.4, -0.2) is 80.4 Å². The van der Waals surface area contributed by atoms with E-state index < -0.39 is 33.3 Å². The molecule has 3 atom stereocenters. The summed E-state index contributed by atoms with van der Waals surface area (Å²) >= 11 is 3.57. The molecule has 33 heavy (non-hydrogen) atoms. The molecule has 0 bridgehead atoms. The SMILES string of the molecule is CC(=O)N(c1cccs1)C1C(=O)N2CC(CSc3nnc(CS(=O)(=O)O)o3)(C(=O)O)CS[C@H]12. The number of β-lactam (4-membered cyclic amide) rings is 1. The lowest BCUT2D eigenvalue weighted by atomic mass is 9.89. The molecule has 12 nitrogen and oxygen atoms in total.